The Kier molecular flexibility index (Phi) is 3.15. The molecule has 0 unspecified atom stereocenters. The summed E-state index contributed by atoms with van der Waals surface area (Å²) < 4.78 is 45.8. The van der Waals surface area contributed by atoms with Crippen LogP contribution in [0.15, 0.2) is 30.3 Å². The molecule has 0 aromatic heterocycles. The number of nitrogens with zero attached hydrogens (tertiary/aromatic N) is 2. The van der Waals surface area contributed by atoms with Crippen LogP contribution in [-0.2, 0) is 0 Å². The van der Waals surface area contributed by atoms with E-state index in [9.17, 15) is 12.3 Å². The van der Waals surface area contributed by atoms with Crippen molar-refractivity contribution in [3.63, 3.8) is 0 Å². The number of halogens is 3. The Bertz CT molecular complexity index is 589. The number of benzene rings is 1. The first-order chi connectivity index (χ1) is 9.25. The van der Waals surface area contributed by atoms with Gasteiger partial charge in [0, 0.05) is 0 Å². The summed E-state index contributed by atoms with van der Waals surface area (Å²) in [5, 5.41) is 0. The number of hydrogen-bond donors (Lipinski definition) is 0. The normalized spacial score (nSPS) is 23.3. The summed E-state index contributed by atoms with van der Waals surface area (Å²) in [6.07, 6.45) is 0. The summed E-state index contributed by atoms with van der Waals surface area (Å²) in [5.41, 5.74) is -1.36. The second kappa shape index (κ2) is 4.12. The first kappa shape index (κ1) is 16.1. The van der Waals surface area contributed by atoms with E-state index in [1.165, 1.54) is 0 Å². The molecule has 2 nitrogen and oxygen atoms in total. The molecular weight excluding hydrogens is 293 g/mol. The first-order valence-electron chi connectivity index (χ1n) is 7.07. The minimum atomic E-state index is -6.86. The molecular formula is C15H23F3N2Si. The average molecular weight is 316 g/mol. The summed E-state index contributed by atoms with van der Waals surface area (Å²) in [7, 11) is -6.86. The van der Waals surface area contributed by atoms with E-state index in [2.05, 4.69) is 0 Å². The molecule has 1 aromatic rings. The van der Waals surface area contributed by atoms with Gasteiger partial charge in [0.25, 0.3) is 0 Å². The molecule has 0 bridgehead atoms. The quantitative estimate of drug-likeness (QED) is 0.557. The summed E-state index contributed by atoms with van der Waals surface area (Å²) in [4.78, 5) is 0. The van der Waals surface area contributed by atoms with Crippen LogP contribution in [0.2, 0.25) is 0 Å². The fraction of sp³-hybridized carbons (Fsp3) is 0.533. The molecule has 21 heavy (non-hydrogen) atoms. The molecule has 1 aliphatic heterocycles. The van der Waals surface area contributed by atoms with E-state index in [0.717, 1.165) is 0 Å². The Morgan fingerprint density at radius 1 is 0.905 bits per heavy atom. The van der Waals surface area contributed by atoms with Gasteiger partial charge in [0.15, 0.2) is 0 Å². The molecule has 0 fully saturated rings. The van der Waals surface area contributed by atoms with E-state index in [0.29, 0.717) is 14.4 Å². The van der Waals surface area contributed by atoms with Crippen molar-refractivity contribution in [2.24, 2.45) is 0 Å². The van der Waals surface area contributed by atoms with Gasteiger partial charge in [-0.1, -0.05) is 0 Å². The zero-order valence-electron chi connectivity index (χ0n) is 13.4. The van der Waals surface area contributed by atoms with Crippen LogP contribution in [-0.4, -0.2) is 34.4 Å². The summed E-state index contributed by atoms with van der Waals surface area (Å²) >= 11 is 0. The van der Waals surface area contributed by atoms with Crippen molar-refractivity contribution < 1.29 is 16.6 Å². The van der Waals surface area contributed by atoms with Crippen molar-refractivity contribution >= 4 is 14.5 Å². The third-order valence-electron chi connectivity index (χ3n) is 3.50. The maximum absolute atomic E-state index is 14.8. The molecule has 118 valence electrons. The van der Waals surface area contributed by atoms with Crippen molar-refractivity contribution in [2.45, 2.75) is 52.6 Å². The predicted octanol–water partition coefficient (Wildman–Crippen LogP) is 4.15. The molecule has 6 heteroatoms. The zero-order chi connectivity index (χ0) is 16.3. The van der Waals surface area contributed by atoms with E-state index >= 15 is 0 Å². The van der Waals surface area contributed by atoms with Crippen LogP contribution in [0.25, 0.3) is 0 Å². The van der Waals surface area contributed by atoms with Crippen molar-refractivity contribution in [2.75, 3.05) is 0 Å². The molecule has 0 amide bonds. The van der Waals surface area contributed by atoms with Crippen molar-refractivity contribution in [3.8, 4) is 0 Å². The summed E-state index contributed by atoms with van der Waals surface area (Å²) in [6.45, 7) is 9.68. The number of amidine groups is 1. The fourth-order valence-electron chi connectivity index (χ4n) is 3.03. The van der Waals surface area contributed by atoms with Gasteiger partial charge in [-0.05, 0) is 0 Å². The van der Waals surface area contributed by atoms with Gasteiger partial charge in [0.05, 0.1) is 0 Å². The molecule has 0 saturated heterocycles. The van der Waals surface area contributed by atoms with Crippen LogP contribution in [0, 0.1) is 0 Å². The number of hydrogen-bond acceptors (Lipinski definition) is 1. The van der Waals surface area contributed by atoms with Gasteiger partial charge in [0.1, 0.15) is 0 Å². The minimum absolute atomic E-state index is 0.274. The van der Waals surface area contributed by atoms with E-state index < -0.39 is 19.8 Å². The van der Waals surface area contributed by atoms with Gasteiger partial charge < -0.3 is 0 Å². The van der Waals surface area contributed by atoms with Crippen molar-refractivity contribution in [1.29, 1.82) is 0 Å². The van der Waals surface area contributed by atoms with Gasteiger partial charge in [-0.15, -0.1) is 0 Å². The first-order valence-corrected chi connectivity index (χ1v) is 9.10. The Balaban J connectivity index is 2.78. The maximum atomic E-state index is 14.8. The Morgan fingerprint density at radius 3 is 1.76 bits per heavy atom. The second-order valence-corrected chi connectivity index (χ2v) is 10.1. The van der Waals surface area contributed by atoms with Gasteiger partial charge in [-0.3, -0.25) is 0 Å². The van der Waals surface area contributed by atoms with Gasteiger partial charge in [-0.25, -0.2) is 0 Å². The predicted molar refractivity (Wildman–Crippen MR) is 81.2 cm³/mol. The molecule has 1 aromatic carbocycles. The molecule has 0 atom stereocenters. The molecule has 0 saturated carbocycles. The van der Waals surface area contributed by atoms with Crippen LogP contribution >= 0.6 is 0 Å². The Morgan fingerprint density at radius 2 is 1.38 bits per heavy atom. The zero-order valence-corrected chi connectivity index (χ0v) is 14.4. The van der Waals surface area contributed by atoms with Crippen LogP contribution in [0.3, 0.4) is 0 Å². The standard InChI is InChI=1S/C15H23F3N2Si/c1-14(2,3)19-13(12-10-8-7-9-11-12)20(15(4,5)6)21(19,16,17)18/h7-11H,1-6H3. The van der Waals surface area contributed by atoms with Gasteiger partial charge in [0.2, 0.25) is 0 Å². The summed E-state index contributed by atoms with van der Waals surface area (Å²) in [6, 6.07) is 8.83. The second-order valence-electron chi connectivity index (χ2n) is 7.52. The van der Waals surface area contributed by atoms with Crippen LogP contribution < -0.4 is 0 Å². The van der Waals surface area contributed by atoms with E-state index in [1.807, 2.05) is 6.07 Å². The van der Waals surface area contributed by atoms with Crippen LogP contribution in [0.5, 0.6) is 0 Å². The van der Waals surface area contributed by atoms with E-state index in [-0.39, 0.29) is 5.84 Å². The number of rotatable bonds is 1. The molecule has 1 aliphatic rings. The molecule has 1 heterocycles. The van der Waals surface area contributed by atoms with Crippen molar-refractivity contribution in [1.82, 2.24) is 4.57 Å². The third-order valence-corrected chi connectivity index (χ3v) is 6.68. The SMILES string of the molecule is CC(C)(C)N1C(c2ccccc2)=[N+](C(C)(C)C)[Si-]1(F)(F)F. The third kappa shape index (κ3) is 2.39. The van der Waals surface area contributed by atoms with Gasteiger partial charge >= 0.3 is 124 Å². The molecule has 2 rings (SSSR count). The van der Waals surface area contributed by atoms with E-state index in [1.54, 1.807) is 65.8 Å². The fourth-order valence-corrected chi connectivity index (χ4v) is 6.34. The topological polar surface area (TPSA) is 6.25 Å². The average Bonchev–Trinajstić information content (AvgIpc) is 2.22. The Hall–Kier alpha value is -1.30. The van der Waals surface area contributed by atoms with Crippen LogP contribution in [0.1, 0.15) is 47.1 Å². The monoisotopic (exact) mass is 316 g/mol. The van der Waals surface area contributed by atoms with E-state index in [4.69, 9.17) is 0 Å². The Labute approximate surface area is 125 Å². The molecule has 0 spiro atoms. The van der Waals surface area contributed by atoms with Gasteiger partial charge in [-0.2, -0.15) is 0 Å². The molecule has 0 aliphatic carbocycles. The van der Waals surface area contributed by atoms with Crippen LogP contribution in [0.4, 0.5) is 12.3 Å². The molecule has 0 N–H and O–H groups in total. The summed E-state index contributed by atoms with van der Waals surface area (Å²) in [5.74, 6) is 0.274. The molecule has 0 radical (unpaired) electrons. The van der Waals surface area contributed by atoms with Crippen molar-refractivity contribution in [3.05, 3.63) is 35.9 Å².